The molecule has 2 aromatic rings. The molecule has 1 fully saturated rings. The van der Waals surface area contributed by atoms with E-state index in [1.807, 2.05) is 12.1 Å². The maximum absolute atomic E-state index is 12.4. The van der Waals surface area contributed by atoms with Crippen LogP contribution >= 0.6 is 11.3 Å². The van der Waals surface area contributed by atoms with E-state index < -0.39 is 5.97 Å². The molecule has 2 aromatic heterocycles. The van der Waals surface area contributed by atoms with Crippen LogP contribution in [0.1, 0.15) is 15.2 Å². The molecule has 1 saturated heterocycles. The number of pyridine rings is 1. The first kappa shape index (κ1) is 17.4. The summed E-state index contributed by atoms with van der Waals surface area (Å²) in [5, 5.41) is 4.57. The van der Waals surface area contributed by atoms with Gasteiger partial charge in [0, 0.05) is 45.1 Å². The molecular weight excluding hydrogens is 340 g/mol. The average Bonchev–Trinajstić information content (AvgIpc) is 3.10. The molecule has 0 atom stereocenters. The van der Waals surface area contributed by atoms with Gasteiger partial charge in [0.15, 0.2) is 0 Å². The minimum atomic E-state index is -0.438. The Morgan fingerprint density at radius 2 is 1.92 bits per heavy atom. The predicted octanol–water partition coefficient (Wildman–Crippen LogP) is 2.28. The van der Waals surface area contributed by atoms with E-state index in [2.05, 4.69) is 15.2 Å². The molecule has 1 aliphatic rings. The quantitative estimate of drug-likeness (QED) is 0.847. The number of esters is 1. The van der Waals surface area contributed by atoms with Crippen molar-refractivity contribution in [3.8, 4) is 0 Å². The molecule has 0 aliphatic carbocycles. The summed E-state index contributed by atoms with van der Waals surface area (Å²) in [7, 11) is 1.33. The molecule has 1 N–H and O–H groups in total. The summed E-state index contributed by atoms with van der Waals surface area (Å²) in [5.74, 6) is -0.438. The number of methoxy groups -OCH3 is 1. The molecule has 7 nitrogen and oxygen atoms in total. The van der Waals surface area contributed by atoms with Crippen molar-refractivity contribution < 1.29 is 14.3 Å². The van der Waals surface area contributed by atoms with Gasteiger partial charge < -0.3 is 15.0 Å². The van der Waals surface area contributed by atoms with Gasteiger partial charge in [-0.2, -0.15) is 0 Å². The summed E-state index contributed by atoms with van der Waals surface area (Å²) in [6, 6.07) is 5.54. The van der Waals surface area contributed by atoms with Crippen molar-refractivity contribution in [1.82, 2.24) is 14.8 Å². The van der Waals surface area contributed by atoms with Gasteiger partial charge in [0.2, 0.25) is 0 Å². The number of thiophene rings is 1. The highest BCUT2D eigenvalue weighted by Crippen LogP contribution is 2.23. The van der Waals surface area contributed by atoms with Gasteiger partial charge in [0.05, 0.1) is 12.8 Å². The smallest absolute Gasteiger partial charge is 0.350 e. The zero-order chi connectivity index (χ0) is 17.6. The van der Waals surface area contributed by atoms with Crippen LogP contribution < -0.4 is 5.32 Å². The number of nitrogens with zero attached hydrogens (tertiary/aromatic N) is 3. The van der Waals surface area contributed by atoms with Crippen LogP contribution in [0.4, 0.5) is 10.5 Å². The van der Waals surface area contributed by atoms with Crippen LogP contribution in [-0.2, 0) is 11.3 Å². The zero-order valence-electron chi connectivity index (χ0n) is 14.0. The molecule has 3 heterocycles. The van der Waals surface area contributed by atoms with Crippen molar-refractivity contribution in [3.05, 3.63) is 46.4 Å². The van der Waals surface area contributed by atoms with Gasteiger partial charge in [-0.1, -0.05) is 0 Å². The lowest BCUT2D eigenvalue weighted by molar-refractivity contribution is 0.0607. The van der Waals surface area contributed by atoms with Crippen molar-refractivity contribution in [2.24, 2.45) is 0 Å². The molecule has 1 aliphatic heterocycles. The molecule has 0 saturated carbocycles. The number of nitrogens with one attached hydrogen (secondary N) is 1. The van der Waals surface area contributed by atoms with Gasteiger partial charge in [0.1, 0.15) is 4.88 Å². The third-order valence-corrected chi connectivity index (χ3v) is 4.99. The van der Waals surface area contributed by atoms with Gasteiger partial charge in [-0.25, -0.2) is 9.59 Å². The first-order valence-corrected chi connectivity index (χ1v) is 8.88. The summed E-state index contributed by atoms with van der Waals surface area (Å²) in [5.41, 5.74) is 1.72. The third kappa shape index (κ3) is 4.34. The zero-order valence-corrected chi connectivity index (χ0v) is 14.8. The van der Waals surface area contributed by atoms with E-state index in [9.17, 15) is 9.59 Å². The number of carbonyl (C=O) groups is 2. The molecule has 0 bridgehead atoms. The molecule has 25 heavy (non-hydrogen) atoms. The number of anilines is 1. The van der Waals surface area contributed by atoms with Gasteiger partial charge in [-0.3, -0.25) is 9.88 Å². The van der Waals surface area contributed by atoms with E-state index in [0.717, 1.165) is 19.6 Å². The molecule has 132 valence electrons. The number of piperazine rings is 1. The minimum Gasteiger partial charge on any atom is -0.465 e. The molecule has 0 radical (unpaired) electrons. The molecule has 0 spiro atoms. The van der Waals surface area contributed by atoms with Gasteiger partial charge in [-0.05, 0) is 29.1 Å². The largest absolute Gasteiger partial charge is 0.465 e. The number of urea groups is 1. The Morgan fingerprint density at radius 1 is 1.20 bits per heavy atom. The maximum atomic E-state index is 12.4. The number of aromatic nitrogens is 1. The van der Waals surface area contributed by atoms with Gasteiger partial charge >= 0.3 is 12.0 Å². The van der Waals surface area contributed by atoms with Crippen LogP contribution in [0.3, 0.4) is 0 Å². The van der Waals surface area contributed by atoms with Gasteiger partial charge in [0.25, 0.3) is 0 Å². The summed E-state index contributed by atoms with van der Waals surface area (Å²) in [6.45, 7) is 3.77. The summed E-state index contributed by atoms with van der Waals surface area (Å²) in [4.78, 5) is 32.6. The van der Waals surface area contributed by atoms with Crippen LogP contribution in [0.25, 0.3) is 0 Å². The Morgan fingerprint density at radius 3 is 2.60 bits per heavy atom. The number of amides is 2. The van der Waals surface area contributed by atoms with Crippen LogP contribution in [0, 0.1) is 0 Å². The maximum Gasteiger partial charge on any atom is 0.350 e. The second-order valence-corrected chi connectivity index (χ2v) is 6.62. The fourth-order valence-electron chi connectivity index (χ4n) is 2.71. The van der Waals surface area contributed by atoms with Crippen LogP contribution in [-0.4, -0.2) is 60.1 Å². The fourth-order valence-corrected chi connectivity index (χ4v) is 3.47. The van der Waals surface area contributed by atoms with Gasteiger partial charge in [-0.15, -0.1) is 11.3 Å². The van der Waals surface area contributed by atoms with Crippen molar-refractivity contribution in [3.63, 3.8) is 0 Å². The highest BCUT2D eigenvalue weighted by atomic mass is 32.1. The van der Waals surface area contributed by atoms with E-state index in [-0.39, 0.29) is 6.03 Å². The van der Waals surface area contributed by atoms with E-state index in [1.54, 1.807) is 28.7 Å². The van der Waals surface area contributed by atoms with Crippen molar-refractivity contribution >= 4 is 29.0 Å². The first-order chi connectivity index (χ1) is 12.2. The fraction of sp³-hybridized carbons (Fsp3) is 0.353. The second kappa shape index (κ2) is 8.09. The average molecular weight is 360 g/mol. The van der Waals surface area contributed by atoms with Crippen LogP contribution in [0.5, 0.6) is 0 Å². The second-order valence-electron chi connectivity index (χ2n) is 5.70. The topological polar surface area (TPSA) is 74.8 Å². The van der Waals surface area contributed by atoms with E-state index in [1.165, 1.54) is 24.0 Å². The SMILES string of the molecule is COC(=O)c1sccc1NC(=O)N1CCN(Cc2ccncc2)CC1. The lowest BCUT2D eigenvalue weighted by Gasteiger charge is -2.34. The Hall–Kier alpha value is -2.45. The first-order valence-electron chi connectivity index (χ1n) is 8.00. The molecular formula is C17H20N4O3S. The summed E-state index contributed by atoms with van der Waals surface area (Å²) < 4.78 is 4.73. The molecule has 8 heteroatoms. The minimum absolute atomic E-state index is 0.188. The molecule has 3 rings (SSSR count). The molecule has 2 amide bonds. The summed E-state index contributed by atoms with van der Waals surface area (Å²) in [6.07, 6.45) is 3.58. The van der Waals surface area contributed by atoms with E-state index in [0.29, 0.717) is 23.7 Å². The van der Waals surface area contributed by atoms with Crippen molar-refractivity contribution in [2.75, 3.05) is 38.6 Å². The lowest BCUT2D eigenvalue weighted by Crippen LogP contribution is -2.49. The Labute approximate surface area is 150 Å². The Balaban J connectivity index is 1.52. The van der Waals surface area contributed by atoms with Crippen molar-refractivity contribution in [1.29, 1.82) is 0 Å². The highest BCUT2D eigenvalue weighted by Gasteiger charge is 2.23. The van der Waals surface area contributed by atoms with E-state index in [4.69, 9.17) is 4.74 Å². The Kier molecular flexibility index (Phi) is 5.62. The third-order valence-electron chi connectivity index (χ3n) is 4.09. The molecule has 0 aromatic carbocycles. The highest BCUT2D eigenvalue weighted by molar-refractivity contribution is 7.12. The number of hydrogen-bond acceptors (Lipinski definition) is 6. The lowest BCUT2D eigenvalue weighted by atomic mass is 10.2. The number of carbonyl (C=O) groups excluding carboxylic acids is 2. The Bertz CT molecular complexity index is 727. The number of rotatable bonds is 4. The monoisotopic (exact) mass is 360 g/mol. The summed E-state index contributed by atoms with van der Waals surface area (Å²) >= 11 is 1.25. The van der Waals surface area contributed by atoms with Crippen molar-refractivity contribution in [2.45, 2.75) is 6.54 Å². The predicted molar refractivity (Wildman–Crippen MR) is 95.8 cm³/mol. The van der Waals surface area contributed by atoms with Crippen LogP contribution in [0.15, 0.2) is 36.0 Å². The normalized spacial score (nSPS) is 15.0. The van der Waals surface area contributed by atoms with E-state index >= 15 is 0 Å². The number of hydrogen-bond donors (Lipinski definition) is 1. The standard InChI is InChI=1S/C17H20N4O3S/c1-24-16(22)15-14(4-11-25-15)19-17(23)21-9-7-20(8-10-21)12-13-2-5-18-6-3-13/h2-6,11H,7-10,12H2,1H3,(H,19,23). The molecule has 0 unspecified atom stereocenters. The van der Waals surface area contributed by atoms with Crippen LogP contribution in [0.2, 0.25) is 0 Å². The number of ether oxygens (including phenoxy) is 1.